The number of hydrogen-bond donors (Lipinski definition) is 1. The number of benzene rings is 1. The molecule has 3 heterocycles. The van der Waals surface area contributed by atoms with Crippen LogP contribution in [-0.4, -0.2) is 59.7 Å². The van der Waals surface area contributed by atoms with Crippen LogP contribution < -0.4 is 0 Å². The Morgan fingerprint density at radius 1 is 1.38 bits per heavy atom. The van der Waals surface area contributed by atoms with Crippen molar-refractivity contribution in [2.24, 2.45) is 0 Å². The Labute approximate surface area is 192 Å². The van der Waals surface area contributed by atoms with Gasteiger partial charge in [0.2, 0.25) is 0 Å². The van der Waals surface area contributed by atoms with E-state index in [2.05, 4.69) is 4.98 Å². The predicted octanol–water partition coefficient (Wildman–Crippen LogP) is 3.95. The smallest absolute Gasteiger partial charge is 0.407 e. The molecule has 1 atom stereocenters. The fraction of sp³-hybridized carbons (Fsp3) is 0.300. The monoisotopic (exact) mass is 501 g/mol. The van der Waals surface area contributed by atoms with Crippen LogP contribution in [0.4, 0.5) is 9.18 Å². The lowest BCUT2D eigenvalue weighted by molar-refractivity contribution is -0.0214. The zero-order chi connectivity index (χ0) is 23.2. The highest BCUT2D eigenvalue weighted by atomic mass is 35.7. The number of fused-ring (bicyclic) bond motifs is 1. The highest BCUT2D eigenvalue weighted by Gasteiger charge is 2.29. The number of ether oxygens (including phenoxy) is 1. The third-order valence-electron chi connectivity index (χ3n) is 5.24. The second-order valence-electron chi connectivity index (χ2n) is 7.46. The van der Waals surface area contributed by atoms with Crippen LogP contribution in [0, 0.1) is 12.7 Å². The minimum absolute atomic E-state index is 0.0713. The van der Waals surface area contributed by atoms with Gasteiger partial charge in [-0.3, -0.25) is 0 Å². The molecule has 0 spiro atoms. The zero-order valence-electron chi connectivity index (χ0n) is 16.8. The standard InChI is InChI=1S/C20H18Cl2FN3O5S/c1-11-2-3-26-16(7-12-10-25(20(27)28)4-5-31-12)19(24-17(26)6-11)18-14(21)8-13(9-15(18)23)32(22,29)30/h2-3,6,8-9,12H,4-5,7,10H2,1H3,(H,27,28)/t12-/m0/s1. The van der Waals surface area contributed by atoms with E-state index in [0.29, 0.717) is 11.3 Å². The summed E-state index contributed by atoms with van der Waals surface area (Å²) >= 11 is 6.28. The SMILES string of the molecule is Cc1ccn2c(C[C@H]3CN(C(=O)O)CCO3)c(-c3c(F)cc(S(=O)(=O)Cl)cc3Cl)nc2c1. The summed E-state index contributed by atoms with van der Waals surface area (Å²) in [5.41, 5.74) is 2.16. The van der Waals surface area contributed by atoms with Gasteiger partial charge in [0, 0.05) is 29.8 Å². The Kier molecular flexibility index (Phi) is 6.06. The fourth-order valence-corrected chi connectivity index (χ4v) is 4.87. The van der Waals surface area contributed by atoms with Crippen LogP contribution in [0.3, 0.4) is 0 Å². The van der Waals surface area contributed by atoms with Crippen molar-refractivity contribution in [1.82, 2.24) is 14.3 Å². The van der Waals surface area contributed by atoms with Gasteiger partial charge in [0.15, 0.2) is 0 Å². The molecule has 1 fully saturated rings. The number of aryl methyl sites for hydroxylation is 1. The summed E-state index contributed by atoms with van der Waals surface area (Å²) in [6.45, 7) is 2.53. The quantitative estimate of drug-likeness (QED) is 0.543. The predicted molar refractivity (Wildman–Crippen MR) is 116 cm³/mol. The first-order valence-electron chi connectivity index (χ1n) is 9.55. The van der Waals surface area contributed by atoms with E-state index in [1.54, 1.807) is 10.6 Å². The van der Waals surface area contributed by atoms with Crippen molar-refractivity contribution in [3.05, 3.63) is 52.6 Å². The molecule has 1 aromatic carbocycles. The van der Waals surface area contributed by atoms with Crippen molar-refractivity contribution in [1.29, 1.82) is 0 Å². The number of imidazole rings is 1. The third kappa shape index (κ3) is 4.40. The van der Waals surface area contributed by atoms with Crippen molar-refractivity contribution in [3.8, 4) is 11.3 Å². The number of carbonyl (C=O) groups is 1. The molecule has 0 bridgehead atoms. The Morgan fingerprint density at radius 3 is 2.78 bits per heavy atom. The second kappa shape index (κ2) is 8.51. The number of nitrogens with zero attached hydrogens (tertiary/aromatic N) is 3. The van der Waals surface area contributed by atoms with Crippen LogP contribution in [0.2, 0.25) is 5.02 Å². The van der Waals surface area contributed by atoms with E-state index in [9.17, 15) is 18.3 Å². The lowest BCUT2D eigenvalue weighted by atomic mass is 10.0. The van der Waals surface area contributed by atoms with Gasteiger partial charge in [0.1, 0.15) is 11.5 Å². The first-order valence-corrected chi connectivity index (χ1v) is 12.2. The van der Waals surface area contributed by atoms with Crippen LogP contribution in [0.15, 0.2) is 35.4 Å². The van der Waals surface area contributed by atoms with E-state index in [-0.39, 0.29) is 42.4 Å². The van der Waals surface area contributed by atoms with Gasteiger partial charge >= 0.3 is 6.09 Å². The minimum atomic E-state index is -4.18. The minimum Gasteiger partial charge on any atom is -0.465 e. The molecule has 4 rings (SSSR count). The van der Waals surface area contributed by atoms with E-state index >= 15 is 4.39 Å². The maximum absolute atomic E-state index is 15.1. The molecule has 3 aromatic rings. The second-order valence-corrected chi connectivity index (χ2v) is 10.4. The largest absolute Gasteiger partial charge is 0.465 e. The first kappa shape index (κ1) is 22.8. The number of hydrogen-bond acceptors (Lipinski definition) is 5. The molecular weight excluding hydrogens is 484 g/mol. The molecule has 32 heavy (non-hydrogen) atoms. The molecule has 12 heteroatoms. The number of halogens is 3. The summed E-state index contributed by atoms with van der Waals surface area (Å²) in [5.74, 6) is -0.894. The van der Waals surface area contributed by atoms with Crippen LogP contribution >= 0.6 is 22.3 Å². The van der Waals surface area contributed by atoms with Crippen molar-refractivity contribution < 1.29 is 27.4 Å². The lowest BCUT2D eigenvalue weighted by Crippen LogP contribution is -2.45. The molecule has 1 amide bonds. The van der Waals surface area contributed by atoms with Crippen molar-refractivity contribution in [2.75, 3.05) is 19.7 Å². The van der Waals surface area contributed by atoms with E-state index in [1.165, 1.54) is 4.90 Å². The summed E-state index contributed by atoms with van der Waals surface area (Å²) in [4.78, 5) is 16.7. The summed E-state index contributed by atoms with van der Waals surface area (Å²) in [6, 6.07) is 5.53. The molecule has 0 aliphatic carbocycles. The van der Waals surface area contributed by atoms with Gasteiger partial charge < -0.3 is 19.1 Å². The van der Waals surface area contributed by atoms with Gasteiger partial charge in [0.05, 0.1) is 46.1 Å². The number of pyridine rings is 1. The molecular formula is C20H18Cl2FN3O5S. The zero-order valence-corrected chi connectivity index (χ0v) is 19.1. The van der Waals surface area contributed by atoms with Gasteiger partial charge in [-0.2, -0.15) is 0 Å². The maximum Gasteiger partial charge on any atom is 0.407 e. The molecule has 0 radical (unpaired) electrons. The van der Waals surface area contributed by atoms with Crippen LogP contribution in [0.1, 0.15) is 11.3 Å². The number of aromatic nitrogens is 2. The molecule has 1 aliphatic heterocycles. The van der Waals surface area contributed by atoms with Gasteiger partial charge in [-0.25, -0.2) is 22.6 Å². The topological polar surface area (TPSA) is 101 Å². The molecule has 0 unspecified atom stereocenters. The molecule has 0 saturated carbocycles. The van der Waals surface area contributed by atoms with Crippen LogP contribution in [-0.2, 0) is 20.2 Å². The number of carboxylic acid groups (broad SMARTS) is 1. The first-order chi connectivity index (χ1) is 15.0. The summed E-state index contributed by atoms with van der Waals surface area (Å²) in [5, 5.41) is 9.14. The Morgan fingerprint density at radius 2 is 2.12 bits per heavy atom. The highest BCUT2D eigenvalue weighted by molar-refractivity contribution is 8.13. The highest BCUT2D eigenvalue weighted by Crippen LogP contribution is 2.36. The van der Waals surface area contributed by atoms with E-state index < -0.39 is 32.0 Å². The van der Waals surface area contributed by atoms with Gasteiger partial charge in [-0.05, 0) is 36.8 Å². The molecule has 1 N–H and O–H groups in total. The Hall–Kier alpha value is -2.40. The van der Waals surface area contributed by atoms with Crippen molar-refractivity contribution in [2.45, 2.75) is 24.3 Å². The summed E-state index contributed by atoms with van der Waals surface area (Å²) in [7, 11) is 1.16. The lowest BCUT2D eigenvalue weighted by Gasteiger charge is -2.31. The average molecular weight is 502 g/mol. The van der Waals surface area contributed by atoms with Crippen LogP contribution in [0.25, 0.3) is 16.9 Å². The van der Waals surface area contributed by atoms with Crippen LogP contribution in [0.5, 0.6) is 0 Å². The molecule has 2 aromatic heterocycles. The number of rotatable bonds is 4. The molecule has 170 valence electrons. The van der Waals surface area contributed by atoms with E-state index in [4.69, 9.17) is 27.0 Å². The normalized spacial score (nSPS) is 17.1. The van der Waals surface area contributed by atoms with Crippen molar-refractivity contribution in [3.63, 3.8) is 0 Å². The molecule has 1 saturated heterocycles. The number of amides is 1. The van der Waals surface area contributed by atoms with Gasteiger partial charge in [0.25, 0.3) is 9.05 Å². The third-order valence-corrected chi connectivity index (χ3v) is 6.88. The number of morpholine rings is 1. The average Bonchev–Trinajstić information content (AvgIpc) is 3.04. The van der Waals surface area contributed by atoms with Crippen molar-refractivity contribution >= 4 is 43.1 Å². The summed E-state index contributed by atoms with van der Waals surface area (Å²) in [6.07, 6.45) is 0.482. The Balaban J connectivity index is 1.85. The molecule has 1 aliphatic rings. The summed E-state index contributed by atoms with van der Waals surface area (Å²) < 4.78 is 45.9. The van der Waals surface area contributed by atoms with E-state index in [0.717, 1.165) is 17.7 Å². The van der Waals surface area contributed by atoms with E-state index in [1.807, 2.05) is 19.1 Å². The fourth-order valence-electron chi connectivity index (χ4n) is 3.74. The molecule has 8 nitrogen and oxygen atoms in total. The Bertz CT molecular complexity index is 1310. The maximum atomic E-state index is 15.1. The van der Waals surface area contributed by atoms with Gasteiger partial charge in [-0.1, -0.05) is 11.6 Å². The van der Waals surface area contributed by atoms with Gasteiger partial charge in [-0.15, -0.1) is 0 Å².